The van der Waals surface area contributed by atoms with Crippen molar-refractivity contribution in [3.63, 3.8) is 0 Å². The van der Waals surface area contributed by atoms with Gasteiger partial charge in [0.1, 0.15) is 0 Å². The lowest BCUT2D eigenvalue weighted by Crippen LogP contribution is -2.53. The molecule has 2 N–H and O–H groups in total. The Morgan fingerprint density at radius 1 is 0.853 bits per heavy atom. The first-order valence-electron chi connectivity index (χ1n) is 11.5. The third kappa shape index (κ3) is 4.86. The number of amides is 1. The minimum Gasteiger partial charge on any atom is -0.353 e. The molecule has 1 aliphatic heterocycles. The van der Waals surface area contributed by atoms with Gasteiger partial charge in [-0.05, 0) is 48.1 Å². The Balaban J connectivity index is 1.76. The zero-order chi connectivity index (χ0) is 24.2. The van der Waals surface area contributed by atoms with E-state index in [-0.39, 0.29) is 23.6 Å². The van der Waals surface area contributed by atoms with Crippen LogP contribution in [0.1, 0.15) is 43.8 Å². The maximum absolute atomic E-state index is 14.2. The third-order valence-electron chi connectivity index (χ3n) is 6.22. The van der Waals surface area contributed by atoms with Crippen LogP contribution in [0.4, 0.5) is 0 Å². The Kier molecular flexibility index (Phi) is 7.35. The van der Waals surface area contributed by atoms with Gasteiger partial charge in [0.15, 0.2) is 11.3 Å². The predicted molar refractivity (Wildman–Crippen MR) is 138 cm³/mol. The number of Topliss-reactive ketones (excluding diaryl/α,β-unsaturated/α-hetero) is 1. The molecular weight excluding hydrogens is 443 g/mol. The largest absolute Gasteiger partial charge is 0.353 e. The maximum atomic E-state index is 14.2. The Morgan fingerprint density at radius 3 is 1.97 bits per heavy atom. The van der Waals surface area contributed by atoms with E-state index >= 15 is 0 Å². The highest BCUT2D eigenvalue weighted by Crippen LogP contribution is 2.40. The molecule has 0 radical (unpaired) electrons. The lowest BCUT2D eigenvalue weighted by molar-refractivity contribution is -0.124. The minimum atomic E-state index is -1.31. The molecule has 0 bridgehead atoms. The summed E-state index contributed by atoms with van der Waals surface area (Å²) in [5.41, 5.74) is 3.58. The highest BCUT2D eigenvalue weighted by atomic mass is 31.1. The molecule has 4 rings (SSSR count). The number of rotatable bonds is 7. The summed E-state index contributed by atoms with van der Waals surface area (Å²) in [7, 11) is -1.31. The Morgan fingerprint density at radius 2 is 1.41 bits per heavy atom. The number of nitrogens with one attached hydrogen (secondary N) is 2. The van der Waals surface area contributed by atoms with Crippen LogP contribution in [0.5, 0.6) is 0 Å². The molecule has 0 aromatic heterocycles. The van der Waals surface area contributed by atoms with Gasteiger partial charge in [-0.3, -0.25) is 14.4 Å². The summed E-state index contributed by atoms with van der Waals surface area (Å²) in [5.74, 6) is -0.280. The number of carbonyl (C=O) groups is 3. The predicted octanol–water partition coefficient (Wildman–Crippen LogP) is 3.55. The van der Waals surface area contributed by atoms with Gasteiger partial charge in [0, 0.05) is 38.6 Å². The summed E-state index contributed by atoms with van der Waals surface area (Å²) in [6.45, 7) is 6.89. The second-order valence-corrected chi connectivity index (χ2v) is 10.7. The topological polar surface area (TPSA) is 75.3 Å². The molecule has 6 heteroatoms. The van der Waals surface area contributed by atoms with Crippen molar-refractivity contribution < 1.29 is 14.4 Å². The van der Waals surface area contributed by atoms with Crippen LogP contribution in [-0.2, 0) is 4.79 Å². The molecule has 0 aliphatic carbocycles. The first-order chi connectivity index (χ1) is 16.4. The number of hydrogen-bond donors (Lipinski definition) is 2. The summed E-state index contributed by atoms with van der Waals surface area (Å²) in [6.07, 6.45) is 0.0658. The molecule has 5 nitrogen and oxygen atoms in total. The lowest BCUT2D eigenvalue weighted by Gasteiger charge is -2.24. The fourth-order valence-electron chi connectivity index (χ4n) is 4.69. The van der Waals surface area contributed by atoms with Gasteiger partial charge in [-0.2, -0.15) is 0 Å². The number of benzene rings is 3. The van der Waals surface area contributed by atoms with Crippen LogP contribution in [0.25, 0.3) is 0 Å². The summed E-state index contributed by atoms with van der Waals surface area (Å²) >= 11 is 0. The molecule has 34 heavy (non-hydrogen) atoms. The molecule has 1 fully saturated rings. The second kappa shape index (κ2) is 10.4. The van der Waals surface area contributed by atoms with Gasteiger partial charge in [-0.25, -0.2) is 0 Å². The van der Waals surface area contributed by atoms with Gasteiger partial charge in [0.05, 0.1) is 6.04 Å². The normalized spacial score (nSPS) is 15.8. The molecular formula is C28H29N2O3P. The van der Waals surface area contributed by atoms with Crippen molar-refractivity contribution in [2.75, 3.05) is 13.1 Å². The van der Waals surface area contributed by atoms with E-state index < -0.39 is 14.0 Å². The standard InChI is InChI=1S/C28H29N2O3P/c1-18-16-19(2)26(20(3)25(18)24(31)17-23-27(32)30-15-14-29-23)28(33)34(21-10-6-4-7-11-21)22-12-8-5-9-13-22/h4-13,16,23,29H,14-15,17H2,1-3H3,(H,30,32). The smallest absolute Gasteiger partial charge is 0.237 e. The fourth-order valence-corrected chi connectivity index (χ4v) is 6.97. The summed E-state index contributed by atoms with van der Waals surface area (Å²) in [6, 6.07) is 21.0. The molecule has 1 atom stereocenters. The Hall–Kier alpha value is -3.14. The highest BCUT2D eigenvalue weighted by molar-refractivity contribution is 7.88. The Labute approximate surface area is 201 Å². The molecule has 174 valence electrons. The van der Waals surface area contributed by atoms with E-state index in [4.69, 9.17) is 0 Å². The van der Waals surface area contributed by atoms with E-state index in [2.05, 4.69) is 10.6 Å². The van der Waals surface area contributed by atoms with Gasteiger partial charge in [-0.15, -0.1) is 0 Å². The van der Waals surface area contributed by atoms with Crippen LogP contribution in [0, 0.1) is 20.8 Å². The van der Waals surface area contributed by atoms with Crippen molar-refractivity contribution in [3.8, 4) is 0 Å². The van der Waals surface area contributed by atoms with E-state index in [0.717, 1.165) is 21.7 Å². The van der Waals surface area contributed by atoms with Gasteiger partial charge in [0.25, 0.3) is 0 Å². The summed E-state index contributed by atoms with van der Waals surface area (Å²) in [4.78, 5) is 39.7. The van der Waals surface area contributed by atoms with E-state index in [0.29, 0.717) is 29.8 Å². The average molecular weight is 473 g/mol. The van der Waals surface area contributed by atoms with Crippen molar-refractivity contribution in [2.24, 2.45) is 0 Å². The van der Waals surface area contributed by atoms with Crippen molar-refractivity contribution in [1.29, 1.82) is 0 Å². The van der Waals surface area contributed by atoms with E-state index in [1.165, 1.54) is 0 Å². The monoisotopic (exact) mass is 472 g/mol. The SMILES string of the molecule is Cc1cc(C)c(C(=O)P(c2ccccc2)c2ccccc2)c(C)c1C(=O)CC1NCCNC1=O. The molecule has 1 aliphatic rings. The molecule has 1 heterocycles. The van der Waals surface area contributed by atoms with E-state index in [9.17, 15) is 14.4 Å². The van der Waals surface area contributed by atoms with Crippen molar-refractivity contribution in [3.05, 3.63) is 94.5 Å². The van der Waals surface area contributed by atoms with Gasteiger partial charge < -0.3 is 10.6 Å². The molecule has 1 saturated heterocycles. The van der Waals surface area contributed by atoms with Crippen LogP contribution in [0.2, 0.25) is 0 Å². The number of hydrogen-bond acceptors (Lipinski definition) is 4. The zero-order valence-corrected chi connectivity index (χ0v) is 20.6. The number of ketones is 1. The molecule has 1 unspecified atom stereocenters. The van der Waals surface area contributed by atoms with Crippen molar-refractivity contribution >= 4 is 35.7 Å². The van der Waals surface area contributed by atoms with Crippen molar-refractivity contribution in [1.82, 2.24) is 10.6 Å². The van der Waals surface area contributed by atoms with E-state index in [1.807, 2.05) is 87.5 Å². The number of aryl methyl sites for hydroxylation is 2. The zero-order valence-electron chi connectivity index (χ0n) is 19.7. The molecule has 3 aromatic rings. The van der Waals surface area contributed by atoms with Gasteiger partial charge in [0.2, 0.25) is 5.91 Å². The molecule has 0 spiro atoms. The first kappa shape index (κ1) is 24.0. The number of carbonyl (C=O) groups excluding carboxylic acids is 3. The quantitative estimate of drug-likeness (QED) is 0.408. The van der Waals surface area contributed by atoms with Gasteiger partial charge in [-0.1, -0.05) is 66.7 Å². The van der Waals surface area contributed by atoms with Crippen LogP contribution in [0.3, 0.4) is 0 Å². The minimum absolute atomic E-state index is 0.0324. The van der Waals surface area contributed by atoms with E-state index in [1.54, 1.807) is 0 Å². The molecule has 3 aromatic carbocycles. The van der Waals surface area contributed by atoms with Gasteiger partial charge >= 0.3 is 0 Å². The lowest BCUT2D eigenvalue weighted by atomic mass is 9.89. The van der Waals surface area contributed by atoms with Crippen LogP contribution in [-0.4, -0.2) is 36.3 Å². The molecule has 0 saturated carbocycles. The first-order valence-corrected chi connectivity index (χ1v) is 12.8. The van der Waals surface area contributed by atoms with Crippen LogP contribution < -0.4 is 21.2 Å². The van der Waals surface area contributed by atoms with Crippen LogP contribution >= 0.6 is 7.92 Å². The average Bonchev–Trinajstić information content (AvgIpc) is 2.82. The maximum Gasteiger partial charge on any atom is 0.237 e. The second-order valence-electron chi connectivity index (χ2n) is 8.62. The Bertz CT molecular complexity index is 1190. The molecule has 1 amide bonds. The summed E-state index contributed by atoms with van der Waals surface area (Å²) in [5, 5.41) is 7.88. The van der Waals surface area contributed by atoms with Crippen LogP contribution in [0.15, 0.2) is 66.7 Å². The highest BCUT2D eigenvalue weighted by Gasteiger charge is 2.30. The van der Waals surface area contributed by atoms with Crippen molar-refractivity contribution in [2.45, 2.75) is 33.2 Å². The third-order valence-corrected chi connectivity index (χ3v) is 8.48. The number of piperazine rings is 1. The summed E-state index contributed by atoms with van der Waals surface area (Å²) < 4.78 is 0. The fraction of sp³-hybridized carbons (Fsp3) is 0.250.